The van der Waals surface area contributed by atoms with Crippen LogP contribution < -0.4 is 10.2 Å². The molecule has 0 amide bonds. The van der Waals surface area contributed by atoms with Gasteiger partial charge in [-0.1, -0.05) is 17.7 Å². The highest BCUT2D eigenvalue weighted by Gasteiger charge is 2.07. The van der Waals surface area contributed by atoms with E-state index in [1.54, 1.807) is 0 Å². The third kappa shape index (κ3) is 2.26. The van der Waals surface area contributed by atoms with Gasteiger partial charge in [-0.05, 0) is 38.9 Å². The van der Waals surface area contributed by atoms with Crippen molar-refractivity contribution in [3.8, 4) is 0 Å². The summed E-state index contributed by atoms with van der Waals surface area (Å²) in [7, 11) is 4.08. The Morgan fingerprint density at radius 3 is 2.07 bits per heavy atom. The lowest BCUT2D eigenvalue weighted by Crippen LogP contribution is -2.29. The fourth-order valence-electron chi connectivity index (χ4n) is 2.09. The molecule has 1 aromatic carbocycles. The van der Waals surface area contributed by atoms with Gasteiger partial charge in [-0.25, -0.2) is 0 Å². The van der Waals surface area contributed by atoms with E-state index in [2.05, 4.69) is 50.2 Å². The molecule has 14 heavy (non-hydrogen) atoms. The Balaban J connectivity index is 3.07. The summed E-state index contributed by atoms with van der Waals surface area (Å²) in [5.41, 5.74) is 5.37. The molecule has 0 radical (unpaired) electrons. The van der Waals surface area contributed by atoms with Gasteiger partial charge in [0.15, 0.2) is 0 Å². The minimum Gasteiger partial charge on any atom is -0.361 e. The Hall–Kier alpha value is -1.02. The van der Waals surface area contributed by atoms with Gasteiger partial charge in [0.2, 0.25) is 0 Å². The Morgan fingerprint density at radius 1 is 1.14 bits per heavy atom. The lowest BCUT2D eigenvalue weighted by Gasteiger charge is -2.23. The van der Waals surface area contributed by atoms with Crippen LogP contribution in [0, 0.1) is 20.8 Å². The first-order chi connectivity index (χ1) is 6.56. The van der Waals surface area contributed by atoms with E-state index in [9.17, 15) is 0 Å². The molecule has 1 N–H and O–H groups in total. The Bertz CT molecular complexity index is 295. The molecule has 1 rings (SSSR count). The van der Waals surface area contributed by atoms with Crippen molar-refractivity contribution in [1.29, 1.82) is 0 Å². The Morgan fingerprint density at radius 2 is 1.64 bits per heavy atom. The van der Waals surface area contributed by atoms with Crippen LogP contribution in [-0.2, 0) is 0 Å². The van der Waals surface area contributed by atoms with Crippen LogP contribution in [0.25, 0.3) is 0 Å². The lowest BCUT2D eigenvalue weighted by atomic mass is 10.0. The quantitative estimate of drug-likeness (QED) is 0.739. The number of nitrogens with one attached hydrogen (secondary N) is 1. The van der Waals surface area contributed by atoms with Crippen LogP contribution in [0.5, 0.6) is 0 Å². The molecule has 2 heteroatoms. The number of aryl methyl sites for hydroxylation is 3. The summed E-state index contributed by atoms with van der Waals surface area (Å²) < 4.78 is 0. The fraction of sp³-hybridized carbons (Fsp3) is 0.500. The Labute approximate surface area is 86.9 Å². The molecule has 0 fully saturated rings. The molecule has 2 nitrogen and oxygen atoms in total. The first kappa shape index (κ1) is 11.1. The van der Waals surface area contributed by atoms with E-state index >= 15 is 0 Å². The average molecular weight is 192 g/mol. The van der Waals surface area contributed by atoms with E-state index < -0.39 is 0 Å². The van der Waals surface area contributed by atoms with Crippen LogP contribution in [0.2, 0.25) is 0 Å². The van der Waals surface area contributed by atoms with Gasteiger partial charge >= 0.3 is 0 Å². The second-order valence-corrected chi connectivity index (χ2v) is 3.96. The molecule has 0 aromatic heterocycles. The molecule has 0 aliphatic heterocycles. The topological polar surface area (TPSA) is 15.3 Å². The van der Waals surface area contributed by atoms with Crippen molar-refractivity contribution in [2.75, 3.05) is 25.7 Å². The summed E-state index contributed by atoms with van der Waals surface area (Å²) in [6.07, 6.45) is 0. The van der Waals surface area contributed by atoms with Gasteiger partial charge in [-0.15, -0.1) is 0 Å². The van der Waals surface area contributed by atoms with Gasteiger partial charge in [0.25, 0.3) is 0 Å². The molecule has 0 heterocycles. The summed E-state index contributed by atoms with van der Waals surface area (Å²) in [4.78, 5) is 2.24. The maximum atomic E-state index is 3.16. The maximum Gasteiger partial charge on any atom is 0.0676 e. The molecular weight excluding hydrogens is 172 g/mol. The van der Waals surface area contributed by atoms with Gasteiger partial charge in [0.05, 0.1) is 6.67 Å². The molecule has 0 saturated carbocycles. The van der Waals surface area contributed by atoms with Crippen molar-refractivity contribution < 1.29 is 0 Å². The zero-order valence-corrected chi connectivity index (χ0v) is 9.81. The summed E-state index contributed by atoms with van der Waals surface area (Å²) in [6.45, 7) is 7.36. The summed E-state index contributed by atoms with van der Waals surface area (Å²) in [6, 6.07) is 4.46. The zero-order chi connectivity index (χ0) is 10.7. The molecule has 78 valence electrons. The minimum absolute atomic E-state index is 0.880. The number of rotatable bonds is 3. The van der Waals surface area contributed by atoms with E-state index in [-0.39, 0.29) is 0 Å². The van der Waals surface area contributed by atoms with Gasteiger partial charge in [0.1, 0.15) is 0 Å². The normalized spacial score (nSPS) is 10.4. The lowest BCUT2D eigenvalue weighted by molar-refractivity contribution is 0.772. The van der Waals surface area contributed by atoms with Crippen molar-refractivity contribution >= 4 is 5.69 Å². The van der Waals surface area contributed by atoms with Crippen LogP contribution >= 0.6 is 0 Å². The smallest absolute Gasteiger partial charge is 0.0676 e. The van der Waals surface area contributed by atoms with Crippen LogP contribution in [-0.4, -0.2) is 20.8 Å². The van der Waals surface area contributed by atoms with Crippen molar-refractivity contribution in [2.45, 2.75) is 20.8 Å². The van der Waals surface area contributed by atoms with E-state index in [1.807, 2.05) is 7.05 Å². The fourth-order valence-corrected chi connectivity index (χ4v) is 2.09. The Kier molecular flexibility index (Phi) is 3.53. The summed E-state index contributed by atoms with van der Waals surface area (Å²) in [5, 5.41) is 3.16. The van der Waals surface area contributed by atoms with Crippen LogP contribution in [0.3, 0.4) is 0 Å². The average Bonchev–Trinajstić information content (AvgIpc) is 2.01. The summed E-state index contributed by atoms with van der Waals surface area (Å²) >= 11 is 0. The van der Waals surface area contributed by atoms with Gasteiger partial charge < -0.3 is 10.2 Å². The number of nitrogens with zero attached hydrogens (tertiary/aromatic N) is 1. The molecule has 1 aromatic rings. The van der Waals surface area contributed by atoms with Gasteiger partial charge in [-0.2, -0.15) is 0 Å². The van der Waals surface area contributed by atoms with Crippen LogP contribution in [0.1, 0.15) is 16.7 Å². The second-order valence-electron chi connectivity index (χ2n) is 3.96. The summed E-state index contributed by atoms with van der Waals surface area (Å²) in [5.74, 6) is 0. The highest BCUT2D eigenvalue weighted by Crippen LogP contribution is 2.24. The molecule has 0 saturated heterocycles. The van der Waals surface area contributed by atoms with E-state index in [4.69, 9.17) is 0 Å². The molecule has 0 spiro atoms. The van der Waals surface area contributed by atoms with Gasteiger partial charge in [-0.3, -0.25) is 0 Å². The standard InChI is InChI=1S/C12H20N2/c1-9-6-10(2)12(11(3)7-9)14(5)8-13-4/h6-7,13H,8H2,1-5H3. The van der Waals surface area contributed by atoms with Crippen molar-refractivity contribution in [1.82, 2.24) is 5.32 Å². The molecule has 0 bridgehead atoms. The highest BCUT2D eigenvalue weighted by atomic mass is 15.2. The van der Waals surface area contributed by atoms with Crippen molar-refractivity contribution in [2.24, 2.45) is 0 Å². The first-order valence-corrected chi connectivity index (χ1v) is 5.00. The van der Waals surface area contributed by atoms with Crippen LogP contribution in [0.4, 0.5) is 5.69 Å². The number of hydrogen-bond donors (Lipinski definition) is 1. The molecular formula is C12H20N2. The third-order valence-electron chi connectivity index (χ3n) is 2.41. The monoisotopic (exact) mass is 192 g/mol. The predicted molar refractivity (Wildman–Crippen MR) is 63.0 cm³/mol. The van der Waals surface area contributed by atoms with E-state index in [0.29, 0.717) is 0 Å². The van der Waals surface area contributed by atoms with Gasteiger partial charge in [0, 0.05) is 12.7 Å². The molecule has 0 aliphatic carbocycles. The predicted octanol–water partition coefficient (Wildman–Crippen LogP) is 2.22. The van der Waals surface area contributed by atoms with E-state index in [0.717, 1.165) is 6.67 Å². The SMILES string of the molecule is CNCN(C)c1c(C)cc(C)cc1C. The third-order valence-corrected chi connectivity index (χ3v) is 2.41. The maximum absolute atomic E-state index is 3.16. The highest BCUT2D eigenvalue weighted by molar-refractivity contribution is 5.59. The first-order valence-electron chi connectivity index (χ1n) is 5.00. The number of benzene rings is 1. The van der Waals surface area contributed by atoms with Crippen LogP contribution in [0.15, 0.2) is 12.1 Å². The minimum atomic E-state index is 0.880. The van der Waals surface area contributed by atoms with E-state index in [1.165, 1.54) is 22.4 Å². The molecule has 0 aliphatic rings. The van der Waals surface area contributed by atoms with Crippen molar-refractivity contribution in [3.05, 3.63) is 28.8 Å². The second kappa shape index (κ2) is 4.47. The molecule has 0 unspecified atom stereocenters. The largest absolute Gasteiger partial charge is 0.361 e. The molecule has 0 atom stereocenters. The van der Waals surface area contributed by atoms with Crippen molar-refractivity contribution in [3.63, 3.8) is 0 Å². The number of anilines is 1. The zero-order valence-electron chi connectivity index (χ0n) is 9.81. The number of hydrogen-bond acceptors (Lipinski definition) is 2.